The maximum absolute atomic E-state index is 10.5. The third-order valence-corrected chi connectivity index (χ3v) is 8.79. The average molecular weight is 570 g/mol. The molecule has 0 aliphatic rings. The van der Waals surface area contributed by atoms with Crippen LogP contribution in [0, 0.1) is 0 Å². The SMILES string of the molecule is CCCCCCCCCCCCCCCCCCN[C@@H](CO)[C@@H](O)[C@H](O)CCCCCCCCCCCCCC. The Morgan fingerprint density at radius 3 is 1.05 bits per heavy atom. The Morgan fingerprint density at radius 1 is 0.425 bits per heavy atom. The van der Waals surface area contributed by atoms with E-state index in [0.717, 1.165) is 25.8 Å². The molecule has 0 radical (unpaired) electrons. The van der Waals surface area contributed by atoms with Crippen LogP contribution in [0.15, 0.2) is 0 Å². The number of rotatable bonds is 34. The molecule has 0 aromatic carbocycles. The lowest BCUT2D eigenvalue weighted by Crippen LogP contribution is -2.48. The highest BCUT2D eigenvalue weighted by atomic mass is 16.3. The fourth-order valence-corrected chi connectivity index (χ4v) is 5.89. The third kappa shape index (κ3) is 28.0. The van der Waals surface area contributed by atoms with Crippen molar-refractivity contribution in [2.24, 2.45) is 0 Å². The van der Waals surface area contributed by atoms with Crippen LogP contribution in [0.2, 0.25) is 0 Å². The highest BCUT2D eigenvalue weighted by molar-refractivity contribution is 4.81. The minimum atomic E-state index is -0.890. The molecule has 4 nitrogen and oxygen atoms in total. The molecule has 0 unspecified atom stereocenters. The second-order valence-corrected chi connectivity index (χ2v) is 12.8. The molecule has 0 rings (SSSR count). The highest BCUT2D eigenvalue weighted by Crippen LogP contribution is 2.16. The number of hydrogen-bond donors (Lipinski definition) is 4. The van der Waals surface area contributed by atoms with Crippen LogP contribution in [-0.2, 0) is 0 Å². The van der Waals surface area contributed by atoms with E-state index in [-0.39, 0.29) is 6.61 Å². The van der Waals surface area contributed by atoms with Gasteiger partial charge in [-0.3, -0.25) is 0 Å². The van der Waals surface area contributed by atoms with Gasteiger partial charge in [0.1, 0.15) is 0 Å². The van der Waals surface area contributed by atoms with Crippen molar-refractivity contribution in [2.45, 2.75) is 218 Å². The zero-order chi connectivity index (χ0) is 29.4. The number of aliphatic hydroxyl groups is 3. The Hall–Kier alpha value is -0.160. The Morgan fingerprint density at radius 2 is 0.725 bits per heavy atom. The minimum Gasteiger partial charge on any atom is -0.395 e. The molecule has 0 bridgehead atoms. The van der Waals surface area contributed by atoms with Crippen molar-refractivity contribution in [1.29, 1.82) is 0 Å². The quantitative estimate of drug-likeness (QED) is 0.0582. The molecule has 242 valence electrons. The van der Waals surface area contributed by atoms with Crippen LogP contribution in [0.5, 0.6) is 0 Å². The summed E-state index contributed by atoms with van der Waals surface area (Å²) >= 11 is 0. The van der Waals surface area contributed by atoms with Gasteiger partial charge in [-0.15, -0.1) is 0 Å². The Balaban J connectivity index is 3.51. The fraction of sp³-hybridized carbons (Fsp3) is 1.00. The van der Waals surface area contributed by atoms with Crippen molar-refractivity contribution in [2.75, 3.05) is 13.2 Å². The molecule has 0 saturated carbocycles. The van der Waals surface area contributed by atoms with Crippen LogP contribution in [0.3, 0.4) is 0 Å². The van der Waals surface area contributed by atoms with E-state index in [4.69, 9.17) is 0 Å². The Bertz CT molecular complexity index is 461. The molecule has 0 spiro atoms. The summed E-state index contributed by atoms with van der Waals surface area (Å²) in [5.74, 6) is 0. The highest BCUT2D eigenvalue weighted by Gasteiger charge is 2.24. The number of nitrogens with one attached hydrogen (secondary N) is 1. The molecular weight excluding hydrogens is 494 g/mol. The van der Waals surface area contributed by atoms with Gasteiger partial charge in [-0.05, 0) is 19.4 Å². The Labute approximate surface area is 251 Å². The van der Waals surface area contributed by atoms with E-state index in [9.17, 15) is 15.3 Å². The normalized spacial score (nSPS) is 14.0. The van der Waals surface area contributed by atoms with Crippen molar-refractivity contribution < 1.29 is 15.3 Å². The summed E-state index contributed by atoms with van der Waals surface area (Å²) in [7, 11) is 0. The van der Waals surface area contributed by atoms with Gasteiger partial charge in [-0.2, -0.15) is 0 Å². The number of hydrogen-bond acceptors (Lipinski definition) is 4. The summed E-state index contributed by atoms with van der Waals surface area (Å²) in [6.07, 6.45) is 36.3. The summed E-state index contributed by atoms with van der Waals surface area (Å²) in [6.45, 7) is 5.22. The van der Waals surface area contributed by atoms with E-state index in [1.165, 1.54) is 161 Å². The first-order chi connectivity index (χ1) is 19.7. The zero-order valence-corrected chi connectivity index (χ0v) is 27.5. The summed E-state index contributed by atoms with van der Waals surface area (Å²) < 4.78 is 0. The molecule has 40 heavy (non-hydrogen) atoms. The zero-order valence-electron chi connectivity index (χ0n) is 27.5. The van der Waals surface area contributed by atoms with Gasteiger partial charge in [0.05, 0.1) is 24.9 Å². The molecule has 4 N–H and O–H groups in total. The first-order valence-corrected chi connectivity index (χ1v) is 18.4. The van der Waals surface area contributed by atoms with Gasteiger partial charge >= 0.3 is 0 Å². The lowest BCUT2D eigenvalue weighted by atomic mass is 9.99. The third-order valence-electron chi connectivity index (χ3n) is 8.79. The van der Waals surface area contributed by atoms with Gasteiger partial charge < -0.3 is 20.6 Å². The first kappa shape index (κ1) is 39.8. The molecule has 0 fully saturated rings. The summed E-state index contributed by atoms with van der Waals surface area (Å²) in [4.78, 5) is 0. The van der Waals surface area contributed by atoms with Gasteiger partial charge in [0.15, 0.2) is 0 Å². The molecule has 3 atom stereocenters. The van der Waals surface area contributed by atoms with Crippen LogP contribution in [-0.4, -0.2) is 46.7 Å². The maximum atomic E-state index is 10.5. The molecule has 0 aromatic rings. The summed E-state index contributed by atoms with van der Waals surface area (Å²) in [6, 6.07) is -0.427. The summed E-state index contributed by atoms with van der Waals surface area (Å²) in [5.41, 5.74) is 0. The van der Waals surface area contributed by atoms with E-state index >= 15 is 0 Å². The Kier molecular flexibility index (Phi) is 33.2. The van der Waals surface area contributed by atoms with Crippen molar-refractivity contribution >= 4 is 0 Å². The van der Waals surface area contributed by atoms with Gasteiger partial charge in [0.25, 0.3) is 0 Å². The smallest absolute Gasteiger partial charge is 0.0973 e. The number of unbranched alkanes of at least 4 members (excludes halogenated alkanes) is 26. The monoisotopic (exact) mass is 570 g/mol. The molecule has 0 aromatic heterocycles. The molecule has 0 aliphatic heterocycles. The lowest BCUT2D eigenvalue weighted by molar-refractivity contribution is -0.0210. The van der Waals surface area contributed by atoms with Crippen molar-refractivity contribution in [3.8, 4) is 0 Å². The topological polar surface area (TPSA) is 72.7 Å². The van der Waals surface area contributed by atoms with Crippen molar-refractivity contribution in [3.63, 3.8) is 0 Å². The molecule has 4 heteroatoms. The van der Waals surface area contributed by atoms with Gasteiger partial charge in [-0.25, -0.2) is 0 Å². The van der Waals surface area contributed by atoms with Crippen molar-refractivity contribution in [1.82, 2.24) is 5.32 Å². The fourth-order valence-electron chi connectivity index (χ4n) is 5.89. The van der Waals surface area contributed by atoms with Gasteiger partial charge in [-0.1, -0.05) is 187 Å². The van der Waals surface area contributed by atoms with E-state index in [2.05, 4.69) is 19.2 Å². The van der Waals surface area contributed by atoms with Crippen LogP contribution in [0.4, 0.5) is 0 Å². The number of aliphatic hydroxyl groups excluding tert-OH is 3. The van der Waals surface area contributed by atoms with Gasteiger partial charge in [0, 0.05) is 0 Å². The molecule has 0 amide bonds. The van der Waals surface area contributed by atoms with Gasteiger partial charge in [0.2, 0.25) is 0 Å². The largest absolute Gasteiger partial charge is 0.395 e. The van der Waals surface area contributed by atoms with E-state index < -0.39 is 18.2 Å². The molecule has 0 aliphatic carbocycles. The predicted molar refractivity (Wildman–Crippen MR) is 176 cm³/mol. The standard InChI is InChI=1S/C36H75NO3/c1-3-5-7-9-11-13-15-17-18-19-20-22-24-26-28-30-32-37-34(33-38)36(40)35(39)31-29-27-25-23-21-16-14-12-10-8-6-4-2/h34-40H,3-33H2,1-2H3/t34-,35+,36+/m0/s1. The van der Waals surface area contributed by atoms with E-state index in [1.54, 1.807) is 0 Å². The van der Waals surface area contributed by atoms with Crippen molar-refractivity contribution in [3.05, 3.63) is 0 Å². The predicted octanol–water partition coefficient (Wildman–Crippen LogP) is 10.0. The first-order valence-electron chi connectivity index (χ1n) is 18.4. The average Bonchev–Trinajstić information content (AvgIpc) is 2.96. The molecule has 0 saturated heterocycles. The second kappa shape index (κ2) is 33.3. The van der Waals surface area contributed by atoms with E-state index in [0.29, 0.717) is 6.42 Å². The minimum absolute atomic E-state index is 0.129. The van der Waals surface area contributed by atoms with Crippen LogP contribution in [0.25, 0.3) is 0 Å². The van der Waals surface area contributed by atoms with Crippen LogP contribution in [0.1, 0.15) is 200 Å². The maximum Gasteiger partial charge on any atom is 0.0973 e. The van der Waals surface area contributed by atoms with E-state index in [1.807, 2.05) is 0 Å². The molecule has 0 heterocycles. The van der Waals surface area contributed by atoms with Crippen LogP contribution >= 0.6 is 0 Å². The van der Waals surface area contributed by atoms with Crippen LogP contribution < -0.4 is 5.32 Å². The molecular formula is C36H75NO3. The summed E-state index contributed by atoms with van der Waals surface area (Å²) in [5, 5.41) is 33.9. The lowest BCUT2D eigenvalue weighted by Gasteiger charge is -2.26. The second-order valence-electron chi connectivity index (χ2n) is 12.8.